The number of hydrogen-bond acceptors (Lipinski definition) is 6. The Morgan fingerprint density at radius 1 is 0.600 bits per heavy atom. The predicted octanol–water partition coefficient (Wildman–Crippen LogP) is -0.376. The molecule has 0 saturated heterocycles. The van der Waals surface area contributed by atoms with Crippen LogP contribution in [-0.4, -0.2) is 10.2 Å². The lowest BCUT2D eigenvalue weighted by Crippen LogP contribution is -2.34. The molecule has 0 atom stereocenters. The molecule has 3 rings (SSSR count). The lowest BCUT2D eigenvalue weighted by Gasteiger charge is -2.13. The highest BCUT2D eigenvalue weighted by Gasteiger charge is 2.28. The Labute approximate surface area is 110 Å². The van der Waals surface area contributed by atoms with Crippen molar-refractivity contribution in [2.24, 2.45) is 0 Å². The lowest BCUT2D eigenvalue weighted by atomic mass is 9.89. The number of aromatic hydroxyl groups is 2. The van der Waals surface area contributed by atoms with Crippen molar-refractivity contribution in [3.63, 3.8) is 0 Å². The van der Waals surface area contributed by atoms with Crippen molar-refractivity contribution in [1.82, 2.24) is 0 Å². The second-order valence-corrected chi connectivity index (χ2v) is 4.31. The maximum absolute atomic E-state index is 11.5. The van der Waals surface area contributed by atoms with Crippen LogP contribution < -0.4 is 21.7 Å². The first kappa shape index (κ1) is 12.0. The smallest absolute Gasteiger partial charge is 0.268 e. The molecule has 0 amide bonds. The average Bonchev–Trinajstić information content (AvgIpc) is 2.48. The van der Waals surface area contributed by atoms with Crippen molar-refractivity contribution in [2.45, 2.75) is 0 Å². The van der Waals surface area contributed by atoms with E-state index in [4.69, 9.17) is 0 Å². The SMILES string of the molecule is O=c1c(O)c(-c2ccccc2-c2c(O)c(=O)c2=O)c1=O. The summed E-state index contributed by atoms with van der Waals surface area (Å²) < 4.78 is 0. The molecule has 3 aromatic carbocycles. The molecular formula is C14H6O6. The standard InChI is InChI=1S/C14H6O6/c15-9-7(10(16)13(9)19)5-3-1-2-4-6(5)8-11(17)14(20)12(8)18/h1-4,15,17H. The summed E-state index contributed by atoms with van der Waals surface area (Å²) in [5.74, 6) is -1.36. The molecule has 98 valence electrons. The molecule has 0 spiro atoms. The van der Waals surface area contributed by atoms with Crippen LogP contribution in [0.3, 0.4) is 0 Å². The van der Waals surface area contributed by atoms with E-state index in [2.05, 4.69) is 0 Å². The van der Waals surface area contributed by atoms with Gasteiger partial charge >= 0.3 is 0 Å². The summed E-state index contributed by atoms with van der Waals surface area (Å²) in [7, 11) is 0. The van der Waals surface area contributed by atoms with Gasteiger partial charge in [-0.25, -0.2) is 0 Å². The van der Waals surface area contributed by atoms with Gasteiger partial charge in [0.05, 0.1) is 11.1 Å². The first-order valence-electron chi connectivity index (χ1n) is 5.59. The molecule has 6 heteroatoms. The van der Waals surface area contributed by atoms with E-state index in [-0.39, 0.29) is 22.3 Å². The first-order chi connectivity index (χ1) is 9.45. The van der Waals surface area contributed by atoms with Crippen molar-refractivity contribution >= 4 is 0 Å². The molecule has 0 aliphatic heterocycles. The van der Waals surface area contributed by atoms with Crippen LogP contribution in [0.2, 0.25) is 0 Å². The van der Waals surface area contributed by atoms with E-state index >= 15 is 0 Å². The van der Waals surface area contributed by atoms with Crippen LogP contribution in [0.1, 0.15) is 0 Å². The fraction of sp³-hybridized carbons (Fsp3) is 0. The van der Waals surface area contributed by atoms with Crippen LogP contribution >= 0.6 is 0 Å². The Hall–Kier alpha value is -3.02. The molecule has 0 aliphatic carbocycles. The summed E-state index contributed by atoms with van der Waals surface area (Å²) in [4.78, 5) is 45.1. The maximum atomic E-state index is 11.5. The fourth-order valence-electron chi connectivity index (χ4n) is 2.18. The fourth-order valence-corrected chi connectivity index (χ4v) is 2.18. The zero-order chi connectivity index (χ0) is 14.6. The highest BCUT2D eigenvalue weighted by molar-refractivity contribution is 5.90. The first-order valence-corrected chi connectivity index (χ1v) is 5.59. The average molecular weight is 270 g/mol. The highest BCUT2D eigenvalue weighted by Crippen LogP contribution is 2.35. The molecule has 20 heavy (non-hydrogen) atoms. The number of hydrogen-bond donors (Lipinski definition) is 2. The van der Waals surface area contributed by atoms with Crippen molar-refractivity contribution in [3.05, 3.63) is 65.2 Å². The van der Waals surface area contributed by atoms with E-state index in [1.165, 1.54) is 24.3 Å². The highest BCUT2D eigenvalue weighted by atomic mass is 16.3. The molecule has 0 fully saturated rings. The largest absolute Gasteiger partial charge is 0.503 e. The Kier molecular flexibility index (Phi) is 2.25. The van der Waals surface area contributed by atoms with E-state index in [9.17, 15) is 29.4 Å². The third kappa shape index (κ3) is 1.27. The van der Waals surface area contributed by atoms with Crippen LogP contribution in [-0.2, 0) is 0 Å². The monoisotopic (exact) mass is 270 g/mol. The van der Waals surface area contributed by atoms with Gasteiger partial charge in [-0.15, -0.1) is 0 Å². The van der Waals surface area contributed by atoms with Crippen molar-refractivity contribution in [1.29, 1.82) is 0 Å². The van der Waals surface area contributed by atoms with E-state index in [1.54, 1.807) is 0 Å². The van der Waals surface area contributed by atoms with Crippen LogP contribution in [0.15, 0.2) is 43.4 Å². The summed E-state index contributed by atoms with van der Waals surface area (Å²) >= 11 is 0. The zero-order valence-corrected chi connectivity index (χ0v) is 9.84. The molecule has 6 nitrogen and oxygen atoms in total. The molecule has 0 aliphatic rings. The zero-order valence-electron chi connectivity index (χ0n) is 9.84. The van der Waals surface area contributed by atoms with Gasteiger partial charge in [-0.05, 0) is 11.1 Å². The minimum absolute atomic E-state index is 0.136. The summed E-state index contributed by atoms with van der Waals surface area (Å²) in [6, 6.07) is 5.92. The Balaban J connectivity index is 2.32. The molecule has 0 unspecified atom stereocenters. The maximum Gasteiger partial charge on any atom is 0.268 e. The topological polar surface area (TPSA) is 109 Å². The molecule has 0 heterocycles. The van der Waals surface area contributed by atoms with Crippen LogP contribution in [0.4, 0.5) is 0 Å². The Morgan fingerprint density at radius 2 is 0.950 bits per heavy atom. The number of benzene rings is 1. The van der Waals surface area contributed by atoms with Gasteiger partial charge in [0.1, 0.15) is 0 Å². The van der Waals surface area contributed by atoms with Gasteiger partial charge < -0.3 is 10.2 Å². The summed E-state index contributed by atoms with van der Waals surface area (Å²) in [5.41, 5.74) is -3.88. The van der Waals surface area contributed by atoms with Gasteiger partial charge in [-0.2, -0.15) is 0 Å². The van der Waals surface area contributed by atoms with E-state index in [0.29, 0.717) is 0 Å². The van der Waals surface area contributed by atoms with Gasteiger partial charge in [0.2, 0.25) is 10.9 Å². The quantitative estimate of drug-likeness (QED) is 0.615. The molecule has 0 aromatic heterocycles. The van der Waals surface area contributed by atoms with Gasteiger partial charge in [-0.1, -0.05) is 24.3 Å². The normalized spacial score (nSPS) is 11.2. The van der Waals surface area contributed by atoms with E-state index in [0.717, 1.165) is 0 Å². The van der Waals surface area contributed by atoms with Gasteiger partial charge in [0.25, 0.3) is 10.9 Å². The number of rotatable bonds is 2. The van der Waals surface area contributed by atoms with Crippen LogP contribution in [0.25, 0.3) is 22.3 Å². The van der Waals surface area contributed by atoms with Crippen LogP contribution in [0, 0.1) is 0 Å². The minimum atomic E-state index is -0.996. The third-order valence-electron chi connectivity index (χ3n) is 3.24. The van der Waals surface area contributed by atoms with Crippen LogP contribution in [0.5, 0.6) is 11.5 Å². The second-order valence-electron chi connectivity index (χ2n) is 4.31. The lowest BCUT2D eigenvalue weighted by molar-refractivity contribution is 0.464. The molecular weight excluding hydrogens is 264 g/mol. The predicted molar refractivity (Wildman–Crippen MR) is 70.5 cm³/mol. The summed E-state index contributed by atoms with van der Waals surface area (Å²) in [5, 5.41) is 18.9. The molecule has 0 bridgehead atoms. The van der Waals surface area contributed by atoms with Crippen molar-refractivity contribution < 1.29 is 10.2 Å². The summed E-state index contributed by atoms with van der Waals surface area (Å²) in [6.07, 6.45) is 0. The van der Waals surface area contributed by atoms with Gasteiger partial charge in [-0.3, -0.25) is 19.2 Å². The molecule has 2 N–H and O–H groups in total. The van der Waals surface area contributed by atoms with Gasteiger partial charge in [0.15, 0.2) is 11.5 Å². The molecule has 0 saturated carbocycles. The minimum Gasteiger partial charge on any atom is -0.503 e. The Morgan fingerprint density at radius 3 is 1.25 bits per heavy atom. The van der Waals surface area contributed by atoms with Crippen molar-refractivity contribution in [3.8, 4) is 33.8 Å². The molecule has 0 radical (unpaired) electrons. The molecule has 3 aromatic rings. The van der Waals surface area contributed by atoms with Crippen molar-refractivity contribution in [2.75, 3.05) is 0 Å². The second kappa shape index (κ2) is 3.74. The summed E-state index contributed by atoms with van der Waals surface area (Å²) in [6.45, 7) is 0. The third-order valence-corrected chi connectivity index (χ3v) is 3.24. The van der Waals surface area contributed by atoms with E-state index in [1.807, 2.05) is 0 Å². The Bertz CT molecular complexity index is 912. The van der Waals surface area contributed by atoms with Gasteiger partial charge in [0, 0.05) is 0 Å². The van der Waals surface area contributed by atoms with E-state index < -0.39 is 33.2 Å².